The summed E-state index contributed by atoms with van der Waals surface area (Å²) in [4.78, 5) is 10.4. The summed E-state index contributed by atoms with van der Waals surface area (Å²) in [6, 6.07) is 9.58. The molecule has 2 aromatic carbocycles. The van der Waals surface area contributed by atoms with Crippen molar-refractivity contribution in [1.29, 1.82) is 0 Å². The minimum absolute atomic E-state index is 0.106. The van der Waals surface area contributed by atoms with Crippen molar-refractivity contribution in [2.45, 2.75) is 0 Å². The Labute approximate surface area is 144 Å². The van der Waals surface area contributed by atoms with E-state index in [-0.39, 0.29) is 17.2 Å². The summed E-state index contributed by atoms with van der Waals surface area (Å²) in [6.45, 7) is 1.00. The normalized spacial score (nSPS) is 10.0. The van der Waals surface area contributed by atoms with Gasteiger partial charge in [-0.2, -0.15) is 0 Å². The maximum absolute atomic E-state index is 14.1. The van der Waals surface area contributed by atoms with Crippen LogP contribution in [-0.4, -0.2) is 48.8 Å². The van der Waals surface area contributed by atoms with Crippen molar-refractivity contribution in [3.8, 4) is 22.6 Å². The molecule has 24 heavy (non-hydrogen) atoms. The van der Waals surface area contributed by atoms with Gasteiger partial charge >= 0.3 is 0 Å². The summed E-state index contributed by atoms with van der Waals surface area (Å²) in [5.41, 5.74) is 0.911. The zero-order valence-corrected chi connectivity index (χ0v) is 14.1. The number of hydrogen-bond donors (Lipinski definition) is 2. The predicted octanol–water partition coefficient (Wildman–Crippen LogP) is 3.49. The first-order valence-electron chi connectivity index (χ1n) is 7.03. The molecule has 0 aromatic heterocycles. The molecule has 2 N–H and O–H groups in total. The molecule has 0 saturated carbocycles. The molecule has 2 aromatic rings. The number of halogens is 2. The average Bonchev–Trinajstić information content (AvgIpc) is 2.52. The van der Waals surface area contributed by atoms with Crippen LogP contribution in [0.25, 0.3) is 11.1 Å². The summed E-state index contributed by atoms with van der Waals surface area (Å²) in [7, 11) is 3.91. The number of benzene rings is 2. The summed E-state index contributed by atoms with van der Waals surface area (Å²) >= 11 is 5.87. The standard InChI is InChI=1S/C16H17ClFNO2.CH2O2/c1-19(2)7-8-21-16-6-4-3-5-11(16)12-9-13(17)15(20)10-14(12)18;2-1-3/h3-6,9-10,20H,7-8H2,1-2H3;1H,(H,2,3). The number of hydrogen-bond acceptors (Lipinski definition) is 4. The minimum Gasteiger partial charge on any atom is -0.506 e. The molecule has 0 fully saturated rings. The maximum Gasteiger partial charge on any atom is 0.290 e. The van der Waals surface area contributed by atoms with E-state index in [2.05, 4.69) is 0 Å². The summed E-state index contributed by atoms with van der Waals surface area (Å²) in [6.07, 6.45) is 0. The van der Waals surface area contributed by atoms with Gasteiger partial charge in [0.2, 0.25) is 0 Å². The Morgan fingerprint density at radius 1 is 1.25 bits per heavy atom. The molecular formula is C17H19ClFNO4. The smallest absolute Gasteiger partial charge is 0.290 e. The molecule has 7 heteroatoms. The Balaban J connectivity index is 0.000000891. The molecule has 0 radical (unpaired) electrons. The van der Waals surface area contributed by atoms with E-state index in [9.17, 15) is 9.50 Å². The fourth-order valence-corrected chi connectivity index (χ4v) is 2.06. The van der Waals surface area contributed by atoms with Crippen molar-refractivity contribution in [2.75, 3.05) is 27.2 Å². The van der Waals surface area contributed by atoms with Crippen LogP contribution in [0.15, 0.2) is 36.4 Å². The van der Waals surface area contributed by atoms with Crippen molar-refractivity contribution in [3.63, 3.8) is 0 Å². The van der Waals surface area contributed by atoms with Gasteiger partial charge in [0.1, 0.15) is 23.9 Å². The van der Waals surface area contributed by atoms with E-state index in [0.29, 0.717) is 23.5 Å². The SMILES string of the molecule is CN(C)CCOc1ccccc1-c1cc(Cl)c(O)cc1F.O=CO. The van der Waals surface area contributed by atoms with Crippen LogP contribution in [0.3, 0.4) is 0 Å². The summed E-state index contributed by atoms with van der Waals surface area (Å²) < 4.78 is 19.8. The topological polar surface area (TPSA) is 70.0 Å². The highest BCUT2D eigenvalue weighted by molar-refractivity contribution is 6.32. The number of nitrogens with zero attached hydrogens (tertiary/aromatic N) is 1. The molecule has 2 rings (SSSR count). The maximum atomic E-state index is 14.1. The van der Waals surface area contributed by atoms with E-state index in [1.54, 1.807) is 18.2 Å². The first kappa shape index (κ1) is 19.7. The Kier molecular flexibility index (Phi) is 8.01. The van der Waals surface area contributed by atoms with Crippen molar-refractivity contribution in [3.05, 3.63) is 47.2 Å². The van der Waals surface area contributed by atoms with Crippen molar-refractivity contribution >= 4 is 18.1 Å². The molecule has 0 atom stereocenters. The molecule has 0 amide bonds. The van der Waals surface area contributed by atoms with E-state index in [1.165, 1.54) is 6.07 Å². The number of ether oxygens (including phenoxy) is 1. The third kappa shape index (κ3) is 5.72. The quantitative estimate of drug-likeness (QED) is 0.803. The van der Waals surface area contributed by atoms with E-state index in [4.69, 9.17) is 26.2 Å². The van der Waals surface area contributed by atoms with Gasteiger partial charge in [-0.1, -0.05) is 29.8 Å². The van der Waals surface area contributed by atoms with Crippen LogP contribution in [0, 0.1) is 5.82 Å². The van der Waals surface area contributed by atoms with Gasteiger partial charge in [-0.05, 0) is 26.2 Å². The van der Waals surface area contributed by atoms with Crippen molar-refractivity contribution < 1.29 is 24.1 Å². The molecular weight excluding hydrogens is 337 g/mol. The van der Waals surface area contributed by atoms with Crippen molar-refractivity contribution in [2.24, 2.45) is 0 Å². The van der Waals surface area contributed by atoms with Gasteiger partial charge in [-0.3, -0.25) is 4.79 Å². The van der Waals surface area contributed by atoms with Crippen LogP contribution >= 0.6 is 11.6 Å². The van der Waals surface area contributed by atoms with Gasteiger partial charge < -0.3 is 19.8 Å². The largest absolute Gasteiger partial charge is 0.506 e. The number of carboxylic acid groups (broad SMARTS) is 1. The van der Waals surface area contributed by atoms with Crippen LogP contribution in [0.1, 0.15) is 0 Å². The second-order valence-corrected chi connectivity index (χ2v) is 5.44. The zero-order valence-electron chi connectivity index (χ0n) is 13.4. The fourth-order valence-electron chi connectivity index (χ4n) is 1.90. The van der Waals surface area contributed by atoms with Crippen LogP contribution in [0.4, 0.5) is 4.39 Å². The molecule has 0 unspecified atom stereocenters. The summed E-state index contributed by atoms with van der Waals surface area (Å²) in [5, 5.41) is 16.4. The van der Waals surface area contributed by atoms with E-state index >= 15 is 0 Å². The second kappa shape index (κ2) is 9.75. The van der Waals surface area contributed by atoms with Gasteiger partial charge in [-0.15, -0.1) is 0 Å². The highest BCUT2D eigenvalue weighted by Crippen LogP contribution is 2.36. The average molecular weight is 356 g/mol. The van der Waals surface area contributed by atoms with Crippen LogP contribution < -0.4 is 4.74 Å². The zero-order chi connectivity index (χ0) is 18.1. The van der Waals surface area contributed by atoms with Gasteiger partial charge in [0.25, 0.3) is 6.47 Å². The first-order chi connectivity index (χ1) is 11.4. The minimum atomic E-state index is -0.541. The lowest BCUT2D eigenvalue weighted by molar-refractivity contribution is -0.122. The van der Waals surface area contributed by atoms with Crippen LogP contribution in [0.5, 0.6) is 11.5 Å². The van der Waals surface area contributed by atoms with Gasteiger partial charge in [0, 0.05) is 23.7 Å². The van der Waals surface area contributed by atoms with E-state index < -0.39 is 5.82 Å². The number of phenols is 1. The highest BCUT2D eigenvalue weighted by Gasteiger charge is 2.13. The Morgan fingerprint density at radius 3 is 2.50 bits per heavy atom. The lowest BCUT2D eigenvalue weighted by Gasteiger charge is -2.15. The van der Waals surface area contributed by atoms with Crippen LogP contribution in [0.2, 0.25) is 5.02 Å². The van der Waals surface area contributed by atoms with E-state index in [0.717, 1.165) is 12.6 Å². The van der Waals surface area contributed by atoms with E-state index in [1.807, 2.05) is 25.1 Å². The third-order valence-electron chi connectivity index (χ3n) is 3.01. The lowest BCUT2D eigenvalue weighted by Crippen LogP contribution is -2.19. The molecule has 0 bridgehead atoms. The van der Waals surface area contributed by atoms with Gasteiger partial charge in [0.15, 0.2) is 0 Å². The highest BCUT2D eigenvalue weighted by atomic mass is 35.5. The Morgan fingerprint density at radius 2 is 1.88 bits per heavy atom. The molecule has 5 nitrogen and oxygen atoms in total. The second-order valence-electron chi connectivity index (χ2n) is 5.04. The molecule has 130 valence electrons. The van der Waals surface area contributed by atoms with Gasteiger partial charge in [0.05, 0.1) is 5.02 Å². The molecule has 0 spiro atoms. The summed E-state index contributed by atoms with van der Waals surface area (Å²) in [5.74, 6) is -0.232. The Hall–Kier alpha value is -2.31. The number of carbonyl (C=O) groups is 1. The number of para-hydroxylation sites is 1. The number of rotatable bonds is 5. The predicted molar refractivity (Wildman–Crippen MR) is 91.3 cm³/mol. The Bertz CT molecular complexity index is 680. The van der Waals surface area contributed by atoms with Crippen molar-refractivity contribution in [1.82, 2.24) is 4.90 Å². The fraction of sp³-hybridized carbons (Fsp3) is 0.235. The molecule has 0 aliphatic rings. The lowest BCUT2D eigenvalue weighted by atomic mass is 10.0. The first-order valence-corrected chi connectivity index (χ1v) is 7.41. The molecule has 0 aliphatic carbocycles. The molecule has 0 saturated heterocycles. The van der Waals surface area contributed by atoms with Crippen LogP contribution in [-0.2, 0) is 4.79 Å². The monoisotopic (exact) mass is 355 g/mol. The molecule has 0 heterocycles. The van der Waals surface area contributed by atoms with Gasteiger partial charge in [-0.25, -0.2) is 4.39 Å². The molecule has 0 aliphatic heterocycles. The third-order valence-corrected chi connectivity index (χ3v) is 3.31. The number of likely N-dealkylation sites (N-methyl/N-ethyl adjacent to an activating group) is 1. The number of aromatic hydroxyl groups is 1. The number of phenolic OH excluding ortho intramolecular Hbond substituents is 1.